The van der Waals surface area contributed by atoms with Crippen molar-refractivity contribution in [3.05, 3.63) is 53.2 Å². The van der Waals surface area contributed by atoms with Crippen molar-refractivity contribution in [3.8, 4) is 0 Å². The highest BCUT2D eigenvalue weighted by Crippen LogP contribution is 2.16. The lowest BCUT2D eigenvalue weighted by atomic mass is 10.1. The molecule has 0 radical (unpaired) electrons. The summed E-state index contributed by atoms with van der Waals surface area (Å²) >= 11 is 0. The number of anilines is 2. The van der Waals surface area contributed by atoms with Crippen molar-refractivity contribution < 1.29 is 4.79 Å². The first kappa shape index (κ1) is 13.1. The molecule has 4 heteroatoms. The molecule has 0 atom stereocenters. The number of nitrogens with one attached hydrogen (secondary N) is 2. The maximum Gasteiger partial charge on any atom is 0.257 e. The molecule has 0 saturated carbocycles. The van der Waals surface area contributed by atoms with Gasteiger partial charge >= 0.3 is 0 Å². The second kappa shape index (κ2) is 5.52. The minimum atomic E-state index is -0.141. The molecule has 1 heterocycles. The van der Waals surface area contributed by atoms with Gasteiger partial charge in [-0.1, -0.05) is 0 Å². The van der Waals surface area contributed by atoms with Crippen LogP contribution in [0.15, 0.2) is 36.5 Å². The van der Waals surface area contributed by atoms with Crippen LogP contribution in [0.1, 0.15) is 21.5 Å². The molecule has 0 bridgehead atoms. The normalized spacial score (nSPS) is 10.1. The van der Waals surface area contributed by atoms with E-state index in [2.05, 4.69) is 15.6 Å². The Bertz CT molecular complexity index is 608. The number of benzene rings is 1. The molecular formula is C15H17N3O. The van der Waals surface area contributed by atoms with E-state index in [1.165, 1.54) is 0 Å². The maximum atomic E-state index is 12.2. The Morgan fingerprint density at radius 2 is 1.95 bits per heavy atom. The van der Waals surface area contributed by atoms with Gasteiger partial charge in [0, 0.05) is 24.5 Å². The largest absolute Gasteiger partial charge is 0.388 e. The van der Waals surface area contributed by atoms with E-state index in [-0.39, 0.29) is 5.91 Å². The molecule has 0 unspecified atom stereocenters. The number of rotatable bonds is 3. The summed E-state index contributed by atoms with van der Waals surface area (Å²) < 4.78 is 0. The summed E-state index contributed by atoms with van der Waals surface area (Å²) in [6.07, 6.45) is 1.68. The van der Waals surface area contributed by atoms with Gasteiger partial charge in [-0.15, -0.1) is 0 Å². The molecule has 4 nitrogen and oxygen atoms in total. The maximum absolute atomic E-state index is 12.2. The summed E-state index contributed by atoms with van der Waals surface area (Å²) in [6.45, 7) is 3.88. The Kier molecular flexibility index (Phi) is 3.80. The second-order valence-electron chi connectivity index (χ2n) is 4.45. The number of aryl methyl sites for hydroxylation is 2. The molecule has 19 heavy (non-hydrogen) atoms. The Morgan fingerprint density at radius 1 is 1.16 bits per heavy atom. The first-order valence-corrected chi connectivity index (χ1v) is 6.12. The molecule has 2 rings (SSSR count). The quantitative estimate of drug-likeness (QED) is 0.886. The number of aromatic nitrogens is 1. The Morgan fingerprint density at radius 3 is 2.58 bits per heavy atom. The van der Waals surface area contributed by atoms with Crippen molar-refractivity contribution in [1.82, 2.24) is 4.98 Å². The molecule has 1 aromatic heterocycles. The molecule has 1 amide bonds. The van der Waals surface area contributed by atoms with Crippen molar-refractivity contribution in [2.75, 3.05) is 17.7 Å². The first-order chi connectivity index (χ1) is 9.10. The van der Waals surface area contributed by atoms with Crippen LogP contribution < -0.4 is 10.6 Å². The van der Waals surface area contributed by atoms with Crippen LogP contribution in [0.5, 0.6) is 0 Å². The first-order valence-electron chi connectivity index (χ1n) is 6.12. The summed E-state index contributed by atoms with van der Waals surface area (Å²) in [4.78, 5) is 16.3. The summed E-state index contributed by atoms with van der Waals surface area (Å²) in [5.74, 6) is 0.431. The molecule has 98 valence electrons. The van der Waals surface area contributed by atoms with E-state index >= 15 is 0 Å². The highest BCUT2D eigenvalue weighted by molar-refractivity contribution is 6.05. The predicted octanol–water partition coefficient (Wildman–Crippen LogP) is 2.99. The van der Waals surface area contributed by atoms with E-state index in [9.17, 15) is 4.79 Å². The third-order valence-corrected chi connectivity index (χ3v) is 2.92. The highest BCUT2D eigenvalue weighted by Gasteiger charge is 2.10. The Hall–Kier alpha value is -2.36. The predicted molar refractivity (Wildman–Crippen MR) is 77.7 cm³/mol. The number of carbonyl (C=O) groups is 1. The fraction of sp³-hybridized carbons (Fsp3) is 0.200. The zero-order valence-corrected chi connectivity index (χ0v) is 11.3. The van der Waals surface area contributed by atoms with E-state index in [0.29, 0.717) is 11.4 Å². The van der Waals surface area contributed by atoms with Crippen LogP contribution in [0.4, 0.5) is 11.5 Å². The average molecular weight is 255 g/mol. The molecular weight excluding hydrogens is 238 g/mol. The summed E-state index contributed by atoms with van der Waals surface area (Å²) in [5, 5.41) is 5.85. The van der Waals surface area contributed by atoms with Crippen molar-refractivity contribution in [1.29, 1.82) is 0 Å². The van der Waals surface area contributed by atoms with Crippen LogP contribution in [-0.4, -0.2) is 17.9 Å². The van der Waals surface area contributed by atoms with Crippen LogP contribution in [0.25, 0.3) is 0 Å². The van der Waals surface area contributed by atoms with E-state index in [1.807, 2.05) is 51.2 Å². The number of pyridine rings is 1. The summed E-state index contributed by atoms with van der Waals surface area (Å²) in [6, 6.07) is 9.37. The lowest BCUT2D eigenvalue weighted by molar-refractivity contribution is 0.102. The van der Waals surface area contributed by atoms with Crippen molar-refractivity contribution in [3.63, 3.8) is 0 Å². The van der Waals surface area contributed by atoms with Gasteiger partial charge in [-0.3, -0.25) is 4.79 Å². The number of amides is 1. The van der Waals surface area contributed by atoms with Crippen LogP contribution in [0.3, 0.4) is 0 Å². The minimum absolute atomic E-state index is 0.141. The minimum Gasteiger partial charge on any atom is -0.388 e. The molecule has 0 fully saturated rings. The number of nitrogens with zero attached hydrogens (tertiary/aromatic N) is 1. The van der Waals surface area contributed by atoms with Crippen molar-refractivity contribution in [2.45, 2.75) is 13.8 Å². The molecule has 0 aliphatic carbocycles. The smallest absolute Gasteiger partial charge is 0.257 e. The fourth-order valence-electron chi connectivity index (χ4n) is 1.86. The lowest BCUT2D eigenvalue weighted by Crippen LogP contribution is -2.14. The van der Waals surface area contributed by atoms with Gasteiger partial charge in [-0.25, -0.2) is 4.98 Å². The zero-order chi connectivity index (χ0) is 13.8. The van der Waals surface area contributed by atoms with Gasteiger partial charge in [-0.05, 0) is 55.3 Å². The van der Waals surface area contributed by atoms with Crippen molar-refractivity contribution in [2.24, 2.45) is 0 Å². The molecule has 0 saturated heterocycles. The topological polar surface area (TPSA) is 54.0 Å². The Balaban J connectivity index is 2.20. The number of carbonyl (C=O) groups excluding carboxylic acids is 1. The van der Waals surface area contributed by atoms with Gasteiger partial charge in [-0.2, -0.15) is 0 Å². The van der Waals surface area contributed by atoms with E-state index in [1.54, 1.807) is 6.20 Å². The molecule has 2 aromatic rings. The molecule has 0 aliphatic heterocycles. The van der Waals surface area contributed by atoms with Crippen LogP contribution >= 0.6 is 0 Å². The van der Waals surface area contributed by atoms with Gasteiger partial charge in [0.05, 0.1) is 0 Å². The van der Waals surface area contributed by atoms with Crippen molar-refractivity contribution >= 4 is 17.4 Å². The van der Waals surface area contributed by atoms with E-state index in [0.717, 1.165) is 16.8 Å². The van der Waals surface area contributed by atoms with Gasteiger partial charge in [0.25, 0.3) is 5.91 Å². The van der Waals surface area contributed by atoms with Crippen LogP contribution in [-0.2, 0) is 0 Å². The van der Waals surface area contributed by atoms with Gasteiger partial charge < -0.3 is 10.6 Å². The van der Waals surface area contributed by atoms with Gasteiger partial charge in [0.2, 0.25) is 0 Å². The fourth-order valence-corrected chi connectivity index (χ4v) is 1.86. The van der Waals surface area contributed by atoms with E-state index < -0.39 is 0 Å². The van der Waals surface area contributed by atoms with E-state index in [4.69, 9.17) is 0 Å². The summed E-state index contributed by atoms with van der Waals surface area (Å²) in [5.41, 5.74) is 3.63. The average Bonchev–Trinajstić information content (AvgIpc) is 2.38. The molecule has 1 aromatic carbocycles. The summed E-state index contributed by atoms with van der Waals surface area (Å²) in [7, 11) is 1.85. The van der Waals surface area contributed by atoms with Gasteiger partial charge in [0.15, 0.2) is 0 Å². The number of hydrogen-bond acceptors (Lipinski definition) is 3. The highest BCUT2D eigenvalue weighted by atomic mass is 16.1. The SMILES string of the molecule is CNc1ccc(C(=O)Nc2cc(C)ccn2)c(C)c1. The third-order valence-electron chi connectivity index (χ3n) is 2.92. The lowest BCUT2D eigenvalue weighted by Gasteiger charge is -2.09. The molecule has 2 N–H and O–H groups in total. The third kappa shape index (κ3) is 3.10. The van der Waals surface area contributed by atoms with Gasteiger partial charge in [0.1, 0.15) is 5.82 Å². The standard InChI is InChI=1S/C15H17N3O/c1-10-6-7-17-14(8-10)18-15(19)13-5-4-12(16-3)9-11(13)2/h4-9,16H,1-3H3,(H,17,18,19). The second-order valence-corrected chi connectivity index (χ2v) is 4.45. The number of hydrogen-bond donors (Lipinski definition) is 2. The van der Waals surface area contributed by atoms with Crippen LogP contribution in [0, 0.1) is 13.8 Å². The van der Waals surface area contributed by atoms with Crippen LogP contribution in [0.2, 0.25) is 0 Å². The molecule has 0 spiro atoms. The Labute approximate surface area is 112 Å². The zero-order valence-electron chi connectivity index (χ0n) is 11.3. The monoisotopic (exact) mass is 255 g/mol. The molecule has 0 aliphatic rings.